The number of carbonyl (C=O) groups is 2. The predicted octanol–water partition coefficient (Wildman–Crippen LogP) is 14.6. The number of phosphoric acid groups is 1. The van der Waals surface area contributed by atoms with Crippen LogP contribution in [0.5, 0.6) is 0 Å². The molecule has 0 heterocycles. The molecule has 0 fully saturated rings. The normalized spacial score (nSPS) is 13.7. The highest BCUT2D eigenvalue weighted by Gasteiger charge is 2.21. The van der Waals surface area contributed by atoms with E-state index >= 15 is 0 Å². The van der Waals surface area contributed by atoms with Gasteiger partial charge in [-0.3, -0.25) is 14.2 Å². The minimum Gasteiger partial charge on any atom is -0.756 e. The van der Waals surface area contributed by atoms with Crippen molar-refractivity contribution in [3.8, 4) is 0 Å². The summed E-state index contributed by atoms with van der Waals surface area (Å²) in [6.45, 7) is 4.20. The molecular weight excluding hydrogens is 798 g/mol. The van der Waals surface area contributed by atoms with Crippen LogP contribution < -0.4 is 4.89 Å². The third-order valence-electron chi connectivity index (χ3n) is 11.1. The SMILES string of the molecule is CCCCCCCC/C=C/CCCCCCCC(=O)O[C@@H](COC(=O)CCC/C=C/CC/C=C/CCCCCCCCCCCCCCCC)COP(=O)([O-])OCC[N+](C)(C)C. The van der Waals surface area contributed by atoms with E-state index in [2.05, 4.69) is 50.3 Å². The van der Waals surface area contributed by atoms with Gasteiger partial charge < -0.3 is 27.9 Å². The topological polar surface area (TPSA) is 111 Å². The molecule has 0 aromatic heterocycles. The Balaban J connectivity index is 4.27. The van der Waals surface area contributed by atoms with Crippen LogP contribution in [0.15, 0.2) is 36.5 Å². The summed E-state index contributed by atoms with van der Waals surface area (Å²) in [5, 5.41) is 0. The van der Waals surface area contributed by atoms with Crippen molar-refractivity contribution < 1.29 is 42.1 Å². The molecular formula is C52H98NO8P. The molecule has 0 amide bonds. The number of likely N-dealkylation sites (N-methyl/N-ethyl adjacent to an activating group) is 1. The van der Waals surface area contributed by atoms with Gasteiger partial charge in [0.2, 0.25) is 0 Å². The Hall–Kier alpha value is -1.77. The molecule has 9 nitrogen and oxygen atoms in total. The maximum atomic E-state index is 12.7. The van der Waals surface area contributed by atoms with E-state index < -0.39 is 32.5 Å². The Morgan fingerprint density at radius 1 is 0.484 bits per heavy atom. The summed E-state index contributed by atoms with van der Waals surface area (Å²) in [4.78, 5) is 37.6. The number of nitrogens with zero attached hydrogens (tertiary/aromatic N) is 1. The number of unbranched alkanes of at least 4 members (excludes halogenated alkanes) is 27. The fourth-order valence-corrected chi connectivity index (χ4v) is 7.81. The molecule has 1 unspecified atom stereocenters. The number of rotatable bonds is 47. The molecule has 0 rings (SSSR count). The van der Waals surface area contributed by atoms with Crippen LogP contribution in [0, 0.1) is 0 Å². The van der Waals surface area contributed by atoms with Crippen molar-refractivity contribution in [2.45, 2.75) is 238 Å². The molecule has 0 saturated carbocycles. The number of carbonyl (C=O) groups excluding carboxylic acids is 2. The number of hydrogen-bond acceptors (Lipinski definition) is 8. The highest BCUT2D eigenvalue weighted by molar-refractivity contribution is 7.45. The Labute approximate surface area is 382 Å². The Morgan fingerprint density at radius 3 is 1.29 bits per heavy atom. The van der Waals surface area contributed by atoms with Gasteiger partial charge in [-0.1, -0.05) is 185 Å². The average molecular weight is 896 g/mol. The van der Waals surface area contributed by atoms with Gasteiger partial charge >= 0.3 is 11.9 Å². The monoisotopic (exact) mass is 896 g/mol. The molecule has 62 heavy (non-hydrogen) atoms. The average Bonchev–Trinajstić information content (AvgIpc) is 3.23. The summed E-state index contributed by atoms with van der Waals surface area (Å²) in [6.07, 6.45) is 51.9. The van der Waals surface area contributed by atoms with Gasteiger partial charge in [-0.15, -0.1) is 0 Å². The van der Waals surface area contributed by atoms with Crippen LogP contribution in [0.3, 0.4) is 0 Å². The first kappa shape index (κ1) is 60.2. The lowest BCUT2D eigenvalue weighted by molar-refractivity contribution is -0.870. The van der Waals surface area contributed by atoms with Gasteiger partial charge in [-0.05, 0) is 70.6 Å². The molecule has 0 saturated heterocycles. The zero-order chi connectivity index (χ0) is 45.7. The van der Waals surface area contributed by atoms with Crippen molar-refractivity contribution in [2.75, 3.05) is 47.5 Å². The largest absolute Gasteiger partial charge is 0.756 e. The minimum absolute atomic E-state index is 0.0378. The van der Waals surface area contributed by atoms with Gasteiger partial charge in [0, 0.05) is 12.8 Å². The first-order chi connectivity index (χ1) is 30.0. The maximum absolute atomic E-state index is 12.7. The van der Waals surface area contributed by atoms with Crippen LogP contribution >= 0.6 is 7.82 Å². The molecule has 0 bridgehead atoms. The number of phosphoric ester groups is 1. The fourth-order valence-electron chi connectivity index (χ4n) is 7.08. The van der Waals surface area contributed by atoms with Crippen molar-refractivity contribution >= 4 is 19.8 Å². The van der Waals surface area contributed by atoms with Crippen LogP contribution in [0.25, 0.3) is 0 Å². The van der Waals surface area contributed by atoms with Gasteiger partial charge in [0.15, 0.2) is 6.10 Å². The van der Waals surface area contributed by atoms with Crippen molar-refractivity contribution in [1.29, 1.82) is 0 Å². The van der Waals surface area contributed by atoms with Crippen LogP contribution in [0.2, 0.25) is 0 Å². The summed E-state index contributed by atoms with van der Waals surface area (Å²) in [6, 6.07) is 0. The predicted molar refractivity (Wildman–Crippen MR) is 259 cm³/mol. The highest BCUT2D eigenvalue weighted by Crippen LogP contribution is 2.38. The molecule has 0 aromatic carbocycles. The van der Waals surface area contributed by atoms with Gasteiger partial charge in [-0.25, -0.2) is 0 Å². The van der Waals surface area contributed by atoms with Gasteiger partial charge in [0.1, 0.15) is 19.8 Å². The third-order valence-corrected chi connectivity index (χ3v) is 12.1. The maximum Gasteiger partial charge on any atom is 0.306 e. The number of hydrogen-bond donors (Lipinski definition) is 0. The van der Waals surface area contributed by atoms with Crippen molar-refractivity contribution in [3.05, 3.63) is 36.5 Å². The second kappa shape index (κ2) is 44.4. The quantitative estimate of drug-likeness (QED) is 0.0195. The zero-order valence-corrected chi connectivity index (χ0v) is 42.0. The summed E-state index contributed by atoms with van der Waals surface area (Å²) in [7, 11) is 1.14. The van der Waals surface area contributed by atoms with E-state index in [1.54, 1.807) is 0 Å². The second-order valence-corrected chi connectivity index (χ2v) is 19.9. The lowest BCUT2D eigenvalue weighted by Crippen LogP contribution is -2.37. The summed E-state index contributed by atoms with van der Waals surface area (Å²) < 4.78 is 34.0. The number of esters is 2. The van der Waals surface area contributed by atoms with Crippen LogP contribution in [0.4, 0.5) is 0 Å². The van der Waals surface area contributed by atoms with Crippen LogP contribution in [0.1, 0.15) is 232 Å². The van der Waals surface area contributed by atoms with Crippen molar-refractivity contribution in [1.82, 2.24) is 0 Å². The van der Waals surface area contributed by atoms with E-state index in [1.807, 2.05) is 21.1 Å². The second-order valence-electron chi connectivity index (χ2n) is 18.5. The minimum atomic E-state index is -4.64. The summed E-state index contributed by atoms with van der Waals surface area (Å²) >= 11 is 0. The van der Waals surface area contributed by atoms with Crippen LogP contribution in [-0.4, -0.2) is 70.0 Å². The summed E-state index contributed by atoms with van der Waals surface area (Å²) in [5.41, 5.74) is 0. The molecule has 0 spiro atoms. The molecule has 10 heteroatoms. The van der Waals surface area contributed by atoms with E-state index in [0.717, 1.165) is 57.8 Å². The summed E-state index contributed by atoms with van der Waals surface area (Å²) in [5.74, 6) is -0.888. The van der Waals surface area contributed by atoms with E-state index in [9.17, 15) is 19.0 Å². The number of quaternary nitrogens is 1. The zero-order valence-electron chi connectivity index (χ0n) is 41.1. The molecule has 0 aliphatic heterocycles. The molecule has 0 aromatic rings. The fraction of sp³-hybridized carbons (Fsp3) is 0.846. The molecule has 0 aliphatic carbocycles. The standard InChI is InChI=1S/C52H98NO8P/c1-6-8-10-12-14-16-18-20-22-23-24-25-26-27-28-29-31-32-34-36-38-40-42-44-51(54)58-48-50(49-60-62(56,57)59-47-46-53(3,4)5)61-52(55)45-43-41-39-37-35-33-30-21-19-17-15-13-11-9-7-2/h21,29-31,36,38,50H,6-20,22-28,32-35,37,39-49H2,1-5H3/b30-21+,31-29+,38-36+/t50-/m0/s1. The lowest BCUT2D eigenvalue weighted by Gasteiger charge is -2.28. The molecule has 364 valence electrons. The highest BCUT2D eigenvalue weighted by atomic mass is 31.2. The van der Waals surface area contributed by atoms with E-state index in [0.29, 0.717) is 23.9 Å². The van der Waals surface area contributed by atoms with Crippen LogP contribution in [-0.2, 0) is 32.7 Å². The van der Waals surface area contributed by atoms with E-state index in [1.165, 1.54) is 135 Å². The molecule has 0 N–H and O–H groups in total. The Kier molecular flexibility index (Phi) is 43.2. The first-order valence-corrected chi connectivity index (χ1v) is 27.2. The number of allylic oxidation sites excluding steroid dienone is 6. The van der Waals surface area contributed by atoms with Gasteiger partial charge in [0.05, 0.1) is 27.7 Å². The lowest BCUT2D eigenvalue weighted by atomic mass is 10.0. The molecule has 0 radical (unpaired) electrons. The third kappa shape index (κ3) is 47.7. The van der Waals surface area contributed by atoms with Crippen molar-refractivity contribution in [3.63, 3.8) is 0 Å². The smallest absolute Gasteiger partial charge is 0.306 e. The Bertz CT molecular complexity index is 1150. The number of ether oxygens (including phenoxy) is 2. The van der Waals surface area contributed by atoms with E-state index in [-0.39, 0.29) is 26.1 Å². The first-order valence-electron chi connectivity index (χ1n) is 25.7. The molecule has 2 atom stereocenters. The molecule has 0 aliphatic rings. The van der Waals surface area contributed by atoms with Crippen molar-refractivity contribution in [2.24, 2.45) is 0 Å². The van der Waals surface area contributed by atoms with Gasteiger partial charge in [-0.2, -0.15) is 0 Å². The van der Waals surface area contributed by atoms with Gasteiger partial charge in [0.25, 0.3) is 7.82 Å². The van der Waals surface area contributed by atoms with E-state index in [4.69, 9.17) is 18.5 Å². The Morgan fingerprint density at radius 2 is 0.855 bits per heavy atom.